The van der Waals surface area contributed by atoms with Gasteiger partial charge in [-0.15, -0.1) is 0 Å². The molecule has 0 radical (unpaired) electrons. The SMILES string of the molecule is CCOC(=O)C[C@H]1CC[C@H](C(=O)Cl)CC1. The average Bonchev–Trinajstić information content (AvgIpc) is 2.18. The summed E-state index contributed by atoms with van der Waals surface area (Å²) in [4.78, 5) is 22.1. The molecule has 0 heterocycles. The number of esters is 1. The predicted octanol–water partition coefficient (Wildman–Crippen LogP) is 2.51. The van der Waals surface area contributed by atoms with E-state index in [4.69, 9.17) is 16.3 Å². The van der Waals surface area contributed by atoms with Crippen molar-refractivity contribution in [3.63, 3.8) is 0 Å². The number of halogens is 1. The molecule has 0 spiro atoms. The van der Waals surface area contributed by atoms with Crippen LogP contribution in [0.3, 0.4) is 0 Å². The fraction of sp³-hybridized carbons (Fsp3) is 0.818. The normalized spacial score (nSPS) is 26.0. The molecule has 1 fully saturated rings. The van der Waals surface area contributed by atoms with Crippen molar-refractivity contribution in [1.29, 1.82) is 0 Å². The van der Waals surface area contributed by atoms with Gasteiger partial charge in [0.15, 0.2) is 0 Å². The molecule has 0 saturated heterocycles. The molecule has 1 rings (SSSR count). The van der Waals surface area contributed by atoms with E-state index < -0.39 is 0 Å². The van der Waals surface area contributed by atoms with Crippen LogP contribution in [0.25, 0.3) is 0 Å². The first-order chi connectivity index (χ1) is 7.13. The standard InChI is InChI=1S/C11H17ClO3/c1-2-15-10(13)7-8-3-5-9(6-4-8)11(12)14/h8-9H,2-7H2,1H3/t8-,9-. The molecule has 15 heavy (non-hydrogen) atoms. The summed E-state index contributed by atoms with van der Waals surface area (Å²) in [5, 5.41) is -0.232. The van der Waals surface area contributed by atoms with E-state index in [1.807, 2.05) is 0 Å². The van der Waals surface area contributed by atoms with Crippen LogP contribution >= 0.6 is 11.6 Å². The first-order valence-electron chi connectivity index (χ1n) is 5.48. The number of hydrogen-bond donors (Lipinski definition) is 0. The molecule has 0 aliphatic heterocycles. The summed E-state index contributed by atoms with van der Waals surface area (Å²) in [6.07, 6.45) is 3.92. The van der Waals surface area contributed by atoms with Crippen LogP contribution < -0.4 is 0 Å². The number of rotatable bonds is 4. The molecule has 1 saturated carbocycles. The minimum atomic E-state index is -0.232. The highest BCUT2D eigenvalue weighted by Gasteiger charge is 2.26. The van der Waals surface area contributed by atoms with E-state index in [0.29, 0.717) is 18.9 Å². The molecule has 0 aromatic carbocycles. The Labute approximate surface area is 95.1 Å². The molecular weight excluding hydrogens is 216 g/mol. The molecule has 0 unspecified atom stereocenters. The Morgan fingerprint density at radius 2 is 1.87 bits per heavy atom. The summed E-state index contributed by atoms with van der Waals surface area (Å²) in [5.74, 6) is 0.250. The zero-order chi connectivity index (χ0) is 11.3. The Balaban J connectivity index is 2.25. The molecular formula is C11H17ClO3. The van der Waals surface area contributed by atoms with Crippen molar-refractivity contribution >= 4 is 22.8 Å². The van der Waals surface area contributed by atoms with E-state index in [-0.39, 0.29) is 17.1 Å². The highest BCUT2D eigenvalue weighted by Crippen LogP contribution is 2.32. The second kappa shape index (κ2) is 6.11. The van der Waals surface area contributed by atoms with Crippen molar-refractivity contribution in [3.8, 4) is 0 Å². The molecule has 0 aromatic rings. The van der Waals surface area contributed by atoms with Gasteiger partial charge < -0.3 is 4.74 Å². The summed E-state index contributed by atoms with van der Waals surface area (Å²) in [7, 11) is 0. The molecule has 4 heteroatoms. The number of carbonyl (C=O) groups excluding carboxylic acids is 2. The van der Waals surface area contributed by atoms with Crippen LogP contribution in [0.1, 0.15) is 39.0 Å². The lowest BCUT2D eigenvalue weighted by atomic mass is 9.81. The van der Waals surface area contributed by atoms with Gasteiger partial charge in [0.25, 0.3) is 0 Å². The monoisotopic (exact) mass is 232 g/mol. The van der Waals surface area contributed by atoms with E-state index in [2.05, 4.69) is 0 Å². The molecule has 3 nitrogen and oxygen atoms in total. The Hall–Kier alpha value is -0.570. The van der Waals surface area contributed by atoms with Crippen LogP contribution in [0, 0.1) is 11.8 Å². The summed E-state index contributed by atoms with van der Waals surface area (Å²) in [6.45, 7) is 2.25. The molecule has 1 aliphatic carbocycles. The molecule has 0 aromatic heterocycles. The van der Waals surface area contributed by atoms with Gasteiger partial charge in [0.1, 0.15) is 0 Å². The quantitative estimate of drug-likeness (QED) is 0.553. The van der Waals surface area contributed by atoms with E-state index >= 15 is 0 Å². The number of ether oxygens (including phenoxy) is 1. The average molecular weight is 233 g/mol. The second-order valence-corrected chi connectivity index (χ2v) is 4.40. The van der Waals surface area contributed by atoms with Gasteiger partial charge in [0.05, 0.1) is 6.61 Å². The maximum Gasteiger partial charge on any atom is 0.306 e. The molecule has 0 bridgehead atoms. The largest absolute Gasteiger partial charge is 0.466 e. The lowest BCUT2D eigenvalue weighted by Gasteiger charge is -2.25. The summed E-state index contributed by atoms with van der Waals surface area (Å²) in [6, 6.07) is 0. The summed E-state index contributed by atoms with van der Waals surface area (Å²) < 4.78 is 4.89. The van der Waals surface area contributed by atoms with Gasteiger partial charge >= 0.3 is 5.97 Å². The molecule has 1 aliphatic rings. The Bertz CT molecular complexity index is 232. The smallest absolute Gasteiger partial charge is 0.306 e. The fourth-order valence-corrected chi connectivity index (χ4v) is 2.27. The van der Waals surface area contributed by atoms with Gasteiger partial charge in [-0.05, 0) is 50.1 Å². The van der Waals surface area contributed by atoms with Gasteiger partial charge in [-0.1, -0.05) is 0 Å². The van der Waals surface area contributed by atoms with E-state index in [0.717, 1.165) is 25.7 Å². The Morgan fingerprint density at radius 1 is 1.27 bits per heavy atom. The van der Waals surface area contributed by atoms with Crippen LogP contribution in [-0.2, 0) is 14.3 Å². The minimum absolute atomic E-state index is 0.00473. The molecule has 86 valence electrons. The highest BCUT2D eigenvalue weighted by atomic mass is 35.5. The van der Waals surface area contributed by atoms with Gasteiger partial charge in [-0.2, -0.15) is 0 Å². The van der Waals surface area contributed by atoms with Crippen molar-refractivity contribution in [2.24, 2.45) is 11.8 Å². The van der Waals surface area contributed by atoms with Crippen molar-refractivity contribution < 1.29 is 14.3 Å². The van der Waals surface area contributed by atoms with E-state index in [9.17, 15) is 9.59 Å². The summed E-state index contributed by atoms with van der Waals surface area (Å²) in [5.41, 5.74) is 0. The third-order valence-electron chi connectivity index (χ3n) is 2.93. The first kappa shape index (κ1) is 12.5. The number of hydrogen-bond acceptors (Lipinski definition) is 3. The van der Waals surface area contributed by atoms with E-state index in [1.165, 1.54) is 0 Å². The highest BCUT2D eigenvalue weighted by molar-refractivity contribution is 6.63. The van der Waals surface area contributed by atoms with Crippen LogP contribution in [-0.4, -0.2) is 17.8 Å². The zero-order valence-corrected chi connectivity index (χ0v) is 9.76. The zero-order valence-electron chi connectivity index (χ0n) is 9.00. The van der Waals surface area contributed by atoms with E-state index in [1.54, 1.807) is 6.92 Å². The van der Waals surface area contributed by atoms with Crippen LogP contribution in [0.15, 0.2) is 0 Å². The lowest BCUT2D eigenvalue weighted by Crippen LogP contribution is -2.21. The second-order valence-electron chi connectivity index (χ2n) is 4.03. The molecule has 0 N–H and O–H groups in total. The summed E-state index contributed by atoms with van der Waals surface area (Å²) >= 11 is 5.43. The fourth-order valence-electron chi connectivity index (χ4n) is 2.05. The van der Waals surface area contributed by atoms with Crippen molar-refractivity contribution in [2.75, 3.05) is 6.61 Å². The molecule has 0 amide bonds. The van der Waals surface area contributed by atoms with Gasteiger partial charge in [-0.3, -0.25) is 9.59 Å². The van der Waals surface area contributed by atoms with Crippen molar-refractivity contribution in [1.82, 2.24) is 0 Å². The Kier molecular flexibility index (Phi) is 5.09. The third-order valence-corrected chi connectivity index (χ3v) is 3.24. The maximum absolute atomic E-state index is 11.2. The number of carbonyl (C=O) groups is 2. The first-order valence-corrected chi connectivity index (χ1v) is 5.86. The minimum Gasteiger partial charge on any atom is -0.466 e. The molecule has 0 atom stereocenters. The van der Waals surface area contributed by atoms with Crippen LogP contribution in [0.4, 0.5) is 0 Å². The maximum atomic E-state index is 11.2. The third kappa shape index (κ3) is 4.20. The van der Waals surface area contributed by atoms with Crippen LogP contribution in [0.2, 0.25) is 0 Å². The van der Waals surface area contributed by atoms with Gasteiger partial charge in [-0.25, -0.2) is 0 Å². The van der Waals surface area contributed by atoms with Gasteiger partial charge in [0.2, 0.25) is 5.24 Å². The van der Waals surface area contributed by atoms with Crippen LogP contribution in [0.5, 0.6) is 0 Å². The Morgan fingerprint density at radius 3 is 2.33 bits per heavy atom. The van der Waals surface area contributed by atoms with Crippen molar-refractivity contribution in [3.05, 3.63) is 0 Å². The van der Waals surface area contributed by atoms with Crippen molar-refractivity contribution in [2.45, 2.75) is 39.0 Å². The topological polar surface area (TPSA) is 43.4 Å². The van der Waals surface area contributed by atoms with Gasteiger partial charge in [0, 0.05) is 12.3 Å². The predicted molar refractivity (Wildman–Crippen MR) is 57.6 cm³/mol. The lowest BCUT2D eigenvalue weighted by molar-refractivity contribution is -0.144.